The Labute approximate surface area is 190 Å². The maximum Gasteiger partial charge on any atom is 0.240 e. The van der Waals surface area contributed by atoms with Gasteiger partial charge in [0.2, 0.25) is 17.6 Å². The number of benzene rings is 2. The molecule has 0 bridgehead atoms. The third-order valence-electron chi connectivity index (χ3n) is 4.52. The normalized spacial score (nSPS) is 16.8. The summed E-state index contributed by atoms with van der Waals surface area (Å²) in [5.74, 6) is 0.927. The largest absolute Gasteiger partial charge is 0.493 e. The van der Waals surface area contributed by atoms with Crippen LogP contribution in [-0.2, 0) is 9.59 Å². The Morgan fingerprint density at radius 2 is 1.78 bits per heavy atom. The summed E-state index contributed by atoms with van der Waals surface area (Å²) in [4.78, 5) is 24.5. The van der Waals surface area contributed by atoms with Gasteiger partial charge in [0.1, 0.15) is 5.25 Å². The van der Waals surface area contributed by atoms with Gasteiger partial charge in [-0.25, -0.2) is 0 Å². The Kier molecular flexibility index (Phi) is 7.72. The molecule has 2 aromatic rings. The number of anilines is 1. The Morgan fingerprint density at radius 3 is 2.38 bits per heavy atom. The van der Waals surface area contributed by atoms with Gasteiger partial charge in [0.05, 0.1) is 27.5 Å². The first-order valence-corrected chi connectivity index (χ1v) is 10.6. The molecule has 2 aromatic carbocycles. The summed E-state index contributed by atoms with van der Waals surface area (Å²) < 4.78 is 15.9. The first kappa shape index (κ1) is 23.1. The third-order valence-corrected chi connectivity index (χ3v) is 5.60. The molecule has 9 nitrogen and oxygen atoms in total. The molecule has 0 aliphatic carbocycles. The van der Waals surface area contributed by atoms with Crippen molar-refractivity contribution in [3.8, 4) is 17.2 Å². The van der Waals surface area contributed by atoms with E-state index in [1.54, 1.807) is 12.1 Å². The molecular formula is C22H24N4O5S. The lowest BCUT2D eigenvalue weighted by molar-refractivity contribution is -0.122. The number of rotatable bonds is 8. The smallest absolute Gasteiger partial charge is 0.240 e. The van der Waals surface area contributed by atoms with E-state index in [9.17, 15) is 9.59 Å². The van der Waals surface area contributed by atoms with Crippen molar-refractivity contribution in [3.05, 3.63) is 47.5 Å². The number of hydrogen-bond donors (Lipinski definition) is 2. The predicted octanol–water partition coefficient (Wildman–Crippen LogP) is 2.97. The lowest BCUT2D eigenvalue weighted by atomic mass is 10.2. The van der Waals surface area contributed by atoms with E-state index >= 15 is 0 Å². The molecule has 10 heteroatoms. The number of carbonyl (C=O) groups excluding carboxylic acids is 2. The number of methoxy groups -OCH3 is 3. The van der Waals surface area contributed by atoms with Crippen molar-refractivity contribution in [2.75, 3.05) is 26.6 Å². The fraction of sp³-hybridized carbons (Fsp3) is 0.273. The van der Waals surface area contributed by atoms with Crippen LogP contribution in [0.25, 0.3) is 0 Å². The standard InChI is InChI=1S/C22H24N4O5S/c1-13-5-7-15(8-6-13)24-19(27)11-18-21(28)25-22(32-18)26-23-12-14-9-16(29-2)20(31-4)17(10-14)30-3/h5-10,12,18H,11H2,1-4H3,(H,24,27)(H,25,26,28)/b23-12-/t18-/m0/s1. The molecule has 3 rings (SSSR count). The Morgan fingerprint density at radius 1 is 1.12 bits per heavy atom. The minimum atomic E-state index is -0.574. The number of aryl methyl sites for hydroxylation is 1. The molecule has 0 spiro atoms. The average Bonchev–Trinajstić information content (AvgIpc) is 3.13. The Hall–Kier alpha value is -3.53. The molecule has 0 aromatic heterocycles. The molecule has 1 fully saturated rings. The minimum absolute atomic E-state index is 0.0278. The van der Waals surface area contributed by atoms with Crippen LogP contribution < -0.4 is 24.8 Å². The van der Waals surface area contributed by atoms with E-state index in [0.29, 0.717) is 33.7 Å². The fourth-order valence-electron chi connectivity index (χ4n) is 2.93. The molecule has 32 heavy (non-hydrogen) atoms. The first-order valence-electron chi connectivity index (χ1n) is 9.68. The Bertz CT molecular complexity index is 1030. The van der Waals surface area contributed by atoms with Gasteiger partial charge >= 0.3 is 0 Å². The molecule has 1 heterocycles. The number of ether oxygens (including phenoxy) is 3. The molecule has 2 amide bonds. The maximum atomic E-state index is 12.3. The SMILES string of the molecule is COc1cc(/C=N\N=C2/NC(=O)[C@H](CC(=O)Nc3ccc(C)cc3)S2)cc(OC)c1OC. The van der Waals surface area contributed by atoms with Crippen LogP contribution in [0.4, 0.5) is 5.69 Å². The van der Waals surface area contributed by atoms with Crippen LogP contribution in [0.15, 0.2) is 46.6 Å². The maximum absolute atomic E-state index is 12.3. The molecule has 1 aliphatic heterocycles. The van der Waals surface area contributed by atoms with E-state index in [1.807, 2.05) is 31.2 Å². The predicted molar refractivity (Wildman–Crippen MR) is 125 cm³/mol. The fourth-order valence-corrected chi connectivity index (χ4v) is 3.85. The summed E-state index contributed by atoms with van der Waals surface area (Å²) in [6, 6.07) is 10.9. The lowest BCUT2D eigenvalue weighted by Crippen LogP contribution is -2.28. The molecule has 1 saturated heterocycles. The zero-order valence-electron chi connectivity index (χ0n) is 18.2. The third kappa shape index (κ3) is 5.79. The number of carbonyl (C=O) groups is 2. The quantitative estimate of drug-likeness (QED) is 0.467. The van der Waals surface area contributed by atoms with Crippen LogP contribution in [-0.4, -0.2) is 49.8 Å². The van der Waals surface area contributed by atoms with Crippen LogP contribution in [0.1, 0.15) is 17.5 Å². The van der Waals surface area contributed by atoms with E-state index in [-0.39, 0.29) is 18.2 Å². The highest BCUT2D eigenvalue weighted by Gasteiger charge is 2.32. The summed E-state index contributed by atoms with van der Waals surface area (Å²) in [7, 11) is 4.58. The molecular weight excluding hydrogens is 432 g/mol. The topological polar surface area (TPSA) is 111 Å². The van der Waals surface area contributed by atoms with Gasteiger partial charge in [0, 0.05) is 17.7 Å². The van der Waals surface area contributed by atoms with Gasteiger partial charge in [0.15, 0.2) is 16.7 Å². The van der Waals surface area contributed by atoms with Gasteiger partial charge in [-0.1, -0.05) is 29.5 Å². The number of thioether (sulfide) groups is 1. The highest BCUT2D eigenvalue weighted by atomic mass is 32.2. The van der Waals surface area contributed by atoms with Gasteiger partial charge in [-0.15, -0.1) is 5.10 Å². The van der Waals surface area contributed by atoms with Crippen molar-refractivity contribution >= 4 is 40.6 Å². The van der Waals surface area contributed by atoms with Crippen molar-refractivity contribution in [2.45, 2.75) is 18.6 Å². The van der Waals surface area contributed by atoms with Gasteiger partial charge in [-0.3, -0.25) is 9.59 Å². The molecule has 2 N–H and O–H groups in total. The van der Waals surface area contributed by atoms with E-state index < -0.39 is 5.25 Å². The van der Waals surface area contributed by atoms with Gasteiger partial charge in [-0.2, -0.15) is 5.10 Å². The molecule has 1 atom stereocenters. The molecule has 0 radical (unpaired) electrons. The number of amidine groups is 1. The molecule has 1 aliphatic rings. The summed E-state index contributed by atoms with van der Waals surface area (Å²) in [6.45, 7) is 1.97. The summed E-state index contributed by atoms with van der Waals surface area (Å²) in [6.07, 6.45) is 1.53. The van der Waals surface area contributed by atoms with Gasteiger partial charge in [-0.05, 0) is 31.2 Å². The van der Waals surface area contributed by atoms with Crippen LogP contribution in [0.3, 0.4) is 0 Å². The van der Waals surface area contributed by atoms with Crippen molar-refractivity contribution < 1.29 is 23.8 Å². The second kappa shape index (κ2) is 10.7. The highest BCUT2D eigenvalue weighted by Crippen LogP contribution is 2.37. The van der Waals surface area contributed by atoms with Crippen LogP contribution >= 0.6 is 11.8 Å². The van der Waals surface area contributed by atoms with E-state index in [4.69, 9.17) is 14.2 Å². The highest BCUT2D eigenvalue weighted by molar-refractivity contribution is 8.15. The average molecular weight is 457 g/mol. The summed E-state index contributed by atoms with van der Waals surface area (Å²) in [5.41, 5.74) is 2.46. The number of nitrogens with one attached hydrogen (secondary N) is 2. The second-order valence-corrected chi connectivity index (χ2v) is 8.01. The van der Waals surface area contributed by atoms with Gasteiger partial charge in [0.25, 0.3) is 0 Å². The zero-order chi connectivity index (χ0) is 23.1. The molecule has 168 valence electrons. The molecule has 0 unspecified atom stereocenters. The Balaban J connectivity index is 1.62. The number of amides is 2. The second-order valence-electron chi connectivity index (χ2n) is 6.82. The van der Waals surface area contributed by atoms with Crippen LogP contribution in [0.5, 0.6) is 17.2 Å². The van der Waals surface area contributed by atoms with Crippen LogP contribution in [0, 0.1) is 6.92 Å². The van der Waals surface area contributed by atoms with Crippen molar-refractivity contribution in [1.82, 2.24) is 5.32 Å². The van der Waals surface area contributed by atoms with Crippen LogP contribution in [0.2, 0.25) is 0 Å². The van der Waals surface area contributed by atoms with Gasteiger partial charge < -0.3 is 24.8 Å². The van der Waals surface area contributed by atoms with E-state index in [2.05, 4.69) is 20.8 Å². The summed E-state index contributed by atoms with van der Waals surface area (Å²) >= 11 is 1.16. The first-order chi connectivity index (χ1) is 15.4. The minimum Gasteiger partial charge on any atom is -0.493 e. The monoisotopic (exact) mass is 456 g/mol. The lowest BCUT2D eigenvalue weighted by Gasteiger charge is -2.12. The van der Waals surface area contributed by atoms with Crippen molar-refractivity contribution in [2.24, 2.45) is 10.2 Å². The molecule has 0 saturated carbocycles. The van der Waals surface area contributed by atoms with E-state index in [1.165, 1.54) is 27.5 Å². The van der Waals surface area contributed by atoms with Crippen molar-refractivity contribution in [1.29, 1.82) is 0 Å². The number of nitrogens with zero attached hydrogens (tertiary/aromatic N) is 2. The number of hydrogen-bond acceptors (Lipinski definition) is 8. The summed E-state index contributed by atoms with van der Waals surface area (Å²) in [5, 5.41) is 13.3. The van der Waals surface area contributed by atoms with Crippen molar-refractivity contribution in [3.63, 3.8) is 0 Å². The zero-order valence-corrected chi connectivity index (χ0v) is 19.0. The van der Waals surface area contributed by atoms with E-state index in [0.717, 1.165) is 17.3 Å².